The van der Waals surface area contributed by atoms with Gasteiger partial charge in [0, 0.05) is 32.2 Å². The van der Waals surface area contributed by atoms with Crippen LogP contribution in [0.3, 0.4) is 0 Å². The first-order valence-corrected chi connectivity index (χ1v) is 9.03. The molecule has 1 unspecified atom stereocenters. The first kappa shape index (κ1) is 15.2. The van der Waals surface area contributed by atoms with Gasteiger partial charge >= 0.3 is 0 Å². The molecule has 0 saturated carbocycles. The molecule has 5 nitrogen and oxygen atoms in total. The zero-order chi connectivity index (χ0) is 13.7. The smallest absolute Gasteiger partial charge is 0.282 e. The van der Waals surface area contributed by atoms with Crippen LogP contribution in [0.25, 0.3) is 0 Å². The zero-order valence-electron chi connectivity index (χ0n) is 12.0. The van der Waals surface area contributed by atoms with E-state index in [1.54, 1.807) is 8.61 Å². The molecule has 0 aromatic carbocycles. The third-order valence-electron chi connectivity index (χ3n) is 4.07. The second-order valence-corrected chi connectivity index (χ2v) is 7.55. The lowest BCUT2D eigenvalue weighted by atomic mass is 10.2. The number of rotatable bonds is 7. The van der Waals surface area contributed by atoms with Crippen molar-refractivity contribution in [2.45, 2.75) is 51.5 Å². The van der Waals surface area contributed by atoms with Gasteiger partial charge in [-0.2, -0.15) is 17.0 Å². The summed E-state index contributed by atoms with van der Waals surface area (Å²) in [6, 6.07) is 0.342. The van der Waals surface area contributed by atoms with Crippen LogP contribution in [0.1, 0.15) is 45.4 Å². The maximum Gasteiger partial charge on any atom is 0.282 e. The van der Waals surface area contributed by atoms with Crippen molar-refractivity contribution in [3.63, 3.8) is 0 Å². The van der Waals surface area contributed by atoms with E-state index in [1.165, 1.54) is 0 Å². The van der Waals surface area contributed by atoms with E-state index < -0.39 is 10.2 Å². The maximum absolute atomic E-state index is 12.7. The Bertz CT molecular complexity index is 360. The Labute approximate surface area is 117 Å². The molecular weight excluding hydrogens is 262 g/mol. The van der Waals surface area contributed by atoms with Crippen LogP contribution in [0.5, 0.6) is 0 Å². The first-order chi connectivity index (χ1) is 9.14. The van der Waals surface area contributed by atoms with Crippen molar-refractivity contribution in [1.82, 2.24) is 13.9 Å². The largest absolute Gasteiger partial charge is 0.313 e. The van der Waals surface area contributed by atoms with Crippen LogP contribution in [-0.4, -0.2) is 55.8 Å². The highest BCUT2D eigenvalue weighted by Crippen LogP contribution is 2.19. The first-order valence-electron chi connectivity index (χ1n) is 7.63. The number of hydrogen-bond acceptors (Lipinski definition) is 3. The van der Waals surface area contributed by atoms with Crippen LogP contribution in [0, 0.1) is 0 Å². The minimum Gasteiger partial charge on any atom is -0.313 e. The fourth-order valence-corrected chi connectivity index (χ4v) is 4.65. The topological polar surface area (TPSA) is 52.7 Å². The average molecular weight is 289 g/mol. The van der Waals surface area contributed by atoms with E-state index in [4.69, 9.17) is 0 Å². The highest BCUT2D eigenvalue weighted by molar-refractivity contribution is 7.86. The Morgan fingerprint density at radius 1 is 1.26 bits per heavy atom. The lowest BCUT2D eigenvalue weighted by Gasteiger charge is -2.29. The van der Waals surface area contributed by atoms with Gasteiger partial charge in [0.05, 0.1) is 0 Å². The highest BCUT2D eigenvalue weighted by Gasteiger charge is 2.33. The number of unbranched alkanes of at least 4 members (excludes halogenated alkanes) is 1. The summed E-state index contributed by atoms with van der Waals surface area (Å²) in [5.41, 5.74) is 0. The maximum atomic E-state index is 12.7. The van der Waals surface area contributed by atoms with Crippen molar-refractivity contribution < 1.29 is 8.42 Å². The second-order valence-electron chi connectivity index (χ2n) is 5.62. The number of hydrogen-bond donors (Lipinski definition) is 1. The van der Waals surface area contributed by atoms with Crippen LogP contribution >= 0.6 is 0 Å². The van der Waals surface area contributed by atoms with E-state index in [1.807, 2.05) is 0 Å². The van der Waals surface area contributed by atoms with Gasteiger partial charge in [-0.25, -0.2) is 0 Å². The summed E-state index contributed by atoms with van der Waals surface area (Å²) in [4.78, 5) is 0. The third kappa shape index (κ3) is 3.90. The van der Waals surface area contributed by atoms with Crippen molar-refractivity contribution in [2.75, 3.05) is 32.7 Å². The van der Waals surface area contributed by atoms with Crippen molar-refractivity contribution in [3.8, 4) is 0 Å². The normalized spacial score (nSPS) is 25.5. The molecular formula is C13H27N3O2S. The predicted molar refractivity (Wildman–Crippen MR) is 77.2 cm³/mol. The monoisotopic (exact) mass is 289 g/mol. The molecule has 19 heavy (non-hydrogen) atoms. The number of nitrogens with one attached hydrogen (secondary N) is 1. The molecule has 0 radical (unpaired) electrons. The van der Waals surface area contributed by atoms with Gasteiger partial charge in [0.2, 0.25) is 0 Å². The zero-order valence-corrected chi connectivity index (χ0v) is 12.8. The van der Waals surface area contributed by atoms with Gasteiger partial charge in [-0.1, -0.05) is 13.3 Å². The van der Waals surface area contributed by atoms with E-state index in [0.717, 1.165) is 45.1 Å². The van der Waals surface area contributed by atoms with E-state index in [9.17, 15) is 8.42 Å². The molecule has 1 atom stereocenters. The Hall–Kier alpha value is -0.170. The number of nitrogens with zero attached hydrogens (tertiary/aromatic N) is 2. The van der Waals surface area contributed by atoms with Crippen molar-refractivity contribution in [3.05, 3.63) is 0 Å². The van der Waals surface area contributed by atoms with Gasteiger partial charge in [0.1, 0.15) is 0 Å². The summed E-state index contributed by atoms with van der Waals surface area (Å²) in [6.07, 6.45) is 6.24. The summed E-state index contributed by atoms with van der Waals surface area (Å²) in [6.45, 7) is 5.82. The Balaban J connectivity index is 2.01. The van der Waals surface area contributed by atoms with Crippen molar-refractivity contribution in [1.29, 1.82) is 0 Å². The van der Waals surface area contributed by atoms with Crippen LogP contribution in [-0.2, 0) is 10.2 Å². The van der Waals surface area contributed by atoms with Gasteiger partial charge in [-0.3, -0.25) is 0 Å². The van der Waals surface area contributed by atoms with E-state index in [2.05, 4.69) is 12.2 Å². The van der Waals surface area contributed by atoms with E-state index >= 15 is 0 Å². The quantitative estimate of drug-likeness (QED) is 0.766. The van der Waals surface area contributed by atoms with E-state index in [0.29, 0.717) is 32.2 Å². The summed E-state index contributed by atoms with van der Waals surface area (Å²) in [5.74, 6) is 0. The fourth-order valence-electron chi connectivity index (χ4n) is 2.88. The minimum atomic E-state index is -3.23. The molecule has 2 heterocycles. The van der Waals surface area contributed by atoms with Gasteiger partial charge in [0.15, 0.2) is 0 Å². The molecule has 0 bridgehead atoms. The standard InChI is InChI=1S/C13H27N3O2S/c1-2-3-9-16(12-13-7-6-8-14-13)19(17,18)15-10-4-5-11-15/h13-14H,2-12H2,1H3. The molecule has 2 saturated heterocycles. The van der Waals surface area contributed by atoms with Crippen LogP contribution in [0.4, 0.5) is 0 Å². The van der Waals surface area contributed by atoms with Crippen LogP contribution < -0.4 is 5.32 Å². The summed E-state index contributed by atoms with van der Waals surface area (Å²) in [7, 11) is -3.23. The van der Waals surface area contributed by atoms with Crippen molar-refractivity contribution >= 4 is 10.2 Å². The summed E-state index contributed by atoms with van der Waals surface area (Å²) >= 11 is 0. The molecule has 112 valence electrons. The average Bonchev–Trinajstić information content (AvgIpc) is 3.06. The lowest BCUT2D eigenvalue weighted by Crippen LogP contribution is -2.47. The Kier molecular flexibility index (Phi) is 5.62. The fraction of sp³-hybridized carbons (Fsp3) is 1.00. The predicted octanol–water partition coefficient (Wildman–Crippen LogP) is 1.18. The molecule has 6 heteroatoms. The molecule has 0 aromatic rings. The molecule has 0 amide bonds. The molecule has 2 aliphatic heterocycles. The van der Waals surface area contributed by atoms with Gasteiger partial charge in [0.25, 0.3) is 10.2 Å². The third-order valence-corrected chi connectivity index (χ3v) is 6.07. The van der Waals surface area contributed by atoms with Crippen LogP contribution in [0.2, 0.25) is 0 Å². The molecule has 2 fully saturated rings. The minimum absolute atomic E-state index is 0.342. The molecule has 0 spiro atoms. The lowest BCUT2D eigenvalue weighted by molar-refractivity contribution is 0.330. The molecule has 2 rings (SSSR count). The van der Waals surface area contributed by atoms with E-state index in [-0.39, 0.29) is 0 Å². The molecule has 2 aliphatic rings. The molecule has 1 N–H and O–H groups in total. The molecule has 0 aromatic heterocycles. The SMILES string of the molecule is CCCCN(CC1CCCN1)S(=O)(=O)N1CCCC1. The van der Waals surface area contributed by atoms with Gasteiger partial charge in [-0.15, -0.1) is 0 Å². The van der Waals surface area contributed by atoms with Gasteiger partial charge < -0.3 is 5.32 Å². The van der Waals surface area contributed by atoms with Crippen LogP contribution in [0.15, 0.2) is 0 Å². The van der Waals surface area contributed by atoms with Crippen molar-refractivity contribution in [2.24, 2.45) is 0 Å². The summed E-state index contributed by atoms with van der Waals surface area (Å²) < 4.78 is 28.7. The van der Waals surface area contributed by atoms with Gasteiger partial charge in [-0.05, 0) is 38.6 Å². The highest BCUT2D eigenvalue weighted by atomic mass is 32.2. The Morgan fingerprint density at radius 3 is 2.58 bits per heavy atom. The Morgan fingerprint density at radius 2 is 2.00 bits per heavy atom. The summed E-state index contributed by atoms with van der Waals surface area (Å²) in [5, 5.41) is 3.40. The molecule has 0 aliphatic carbocycles. The second kappa shape index (κ2) is 7.02.